The Balaban J connectivity index is 2.09. The Morgan fingerprint density at radius 2 is 1.90 bits per heavy atom. The van der Waals surface area contributed by atoms with Gasteiger partial charge in [-0.15, -0.1) is 0 Å². The second-order valence-electron chi connectivity index (χ2n) is 4.27. The molecule has 2 aromatic rings. The van der Waals surface area contributed by atoms with Crippen molar-refractivity contribution in [3.8, 4) is 5.75 Å². The molecule has 0 aliphatic heterocycles. The summed E-state index contributed by atoms with van der Waals surface area (Å²) < 4.78 is 36.9. The average Bonchev–Trinajstić information content (AvgIpc) is 2.48. The summed E-state index contributed by atoms with van der Waals surface area (Å²) in [4.78, 5) is 11.8. The molecule has 110 valence electrons. The number of hydrogen-bond acceptors (Lipinski definition) is 4. The lowest BCUT2D eigenvalue weighted by atomic mass is 10.2. The van der Waals surface area contributed by atoms with Crippen LogP contribution in [0.25, 0.3) is 0 Å². The van der Waals surface area contributed by atoms with Crippen LogP contribution in [0.1, 0.15) is 15.9 Å². The fraction of sp³-hybridized carbons (Fsp3) is 0.133. The first-order valence-corrected chi connectivity index (χ1v) is 6.06. The molecule has 2 N–H and O–H groups in total. The van der Waals surface area contributed by atoms with Gasteiger partial charge in [0.1, 0.15) is 24.0 Å². The first kappa shape index (κ1) is 14.8. The van der Waals surface area contributed by atoms with E-state index < -0.39 is 17.6 Å². The van der Waals surface area contributed by atoms with Crippen molar-refractivity contribution in [1.29, 1.82) is 0 Å². The number of nitrogen functional groups attached to an aromatic ring is 1. The third-order valence-electron chi connectivity index (χ3n) is 2.83. The Morgan fingerprint density at radius 3 is 2.57 bits per heavy atom. The van der Waals surface area contributed by atoms with Gasteiger partial charge in [-0.25, -0.2) is 13.6 Å². The van der Waals surface area contributed by atoms with Crippen LogP contribution in [0.3, 0.4) is 0 Å². The first-order valence-electron chi connectivity index (χ1n) is 6.06. The van der Waals surface area contributed by atoms with Crippen LogP contribution in [-0.4, -0.2) is 13.1 Å². The summed E-state index contributed by atoms with van der Waals surface area (Å²) in [5.74, 6) is -1.88. The lowest BCUT2D eigenvalue weighted by Crippen LogP contribution is -2.09. The lowest BCUT2D eigenvalue weighted by Gasteiger charge is -2.08. The average molecular weight is 293 g/mol. The van der Waals surface area contributed by atoms with Crippen molar-refractivity contribution in [2.24, 2.45) is 0 Å². The molecule has 21 heavy (non-hydrogen) atoms. The smallest absolute Gasteiger partial charge is 0.341 e. The number of halogens is 2. The molecule has 0 unspecified atom stereocenters. The molecule has 2 aromatic carbocycles. The van der Waals surface area contributed by atoms with Crippen LogP contribution < -0.4 is 10.5 Å². The molecular weight excluding hydrogens is 280 g/mol. The van der Waals surface area contributed by atoms with E-state index >= 15 is 0 Å². The van der Waals surface area contributed by atoms with Crippen molar-refractivity contribution in [2.75, 3.05) is 12.8 Å². The van der Waals surface area contributed by atoms with Crippen LogP contribution in [0.15, 0.2) is 36.4 Å². The van der Waals surface area contributed by atoms with E-state index in [9.17, 15) is 13.6 Å². The van der Waals surface area contributed by atoms with Gasteiger partial charge in [-0.05, 0) is 30.3 Å². The van der Waals surface area contributed by atoms with E-state index in [1.807, 2.05) is 0 Å². The maximum Gasteiger partial charge on any atom is 0.341 e. The van der Waals surface area contributed by atoms with E-state index in [2.05, 4.69) is 0 Å². The number of methoxy groups -OCH3 is 1. The molecule has 0 aliphatic rings. The third kappa shape index (κ3) is 3.47. The van der Waals surface area contributed by atoms with Gasteiger partial charge >= 0.3 is 5.97 Å². The minimum Gasteiger partial charge on any atom is -0.497 e. The quantitative estimate of drug-likeness (QED) is 0.695. The van der Waals surface area contributed by atoms with Gasteiger partial charge in [0.25, 0.3) is 0 Å². The highest BCUT2D eigenvalue weighted by Gasteiger charge is 2.15. The lowest BCUT2D eigenvalue weighted by molar-refractivity contribution is 0.0463. The van der Waals surface area contributed by atoms with Crippen LogP contribution in [0, 0.1) is 11.6 Å². The molecule has 0 fully saturated rings. The number of nitrogens with two attached hydrogens (primary N) is 1. The van der Waals surface area contributed by atoms with E-state index in [0.717, 1.165) is 6.07 Å². The molecule has 0 spiro atoms. The number of benzene rings is 2. The number of anilines is 1. The molecule has 0 amide bonds. The zero-order valence-corrected chi connectivity index (χ0v) is 11.2. The standard InChI is InChI=1S/C15H13F2NO3/c1-20-11-4-2-9(14(17)7-11)8-21-15(19)12-6-10(18)3-5-13(12)16/h2-7H,8,18H2,1H3. The van der Waals surface area contributed by atoms with Crippen molar-refractivity contribution in [3.05, 3.63) is 59.2 Å². The number of ether oxygens (including phenoxy) is 2. The summed E-state index contributed by atoms with van der Waals surface area (Å²) in [5.41, 5.74) is 5.59. The number of carbonyl (C=O) groups excluding carboxylic acids is 1. The van der Waals surface area contributed by atoms with Crippen LogP contribution in [0.5, 0.6) is 5.75 Å². The molecule has 0 saturated carbocycles. The highest BCUT2D eigenvalue weighted by molar-refractivity contribution is 5.90. The molecule has 0 bridgehead atoms. The fourth-order valence-electron chi connectivity index (χ4n) is 1.69. The van der Waals surface area contributed by atoms with Gasteiger partial charge in [0.2, 0.25) is 0 Å². The zero-order chi connectivity index (χ0) is 15.4. The summed E-state index contributed by atoms with van der Waals surface area (Å²) in [5, 5.41) is 0. The van der Waals surface area contributed by atoms with Crippen LogP contribution in [-0.2, 0) is 11.3 Å². The number of hydrogen-bond donors (Lipinski definition) is 1. The van der Waals surface area contributed by atoms with Crippen molar-refractivity contribution in [1.82, 2.24) is 0 Å². The Hall–Kier alpha value is -2.63. The predicted octanol–water partition coefficient (Wildman–Crippen LogP) is 2.91. The van der Waals surface area contributed by atoms with Gasteiger partial charge in [0.15, 0.2) is 0 Å². The highest BCUT2D eigenvalue weighted by Crippen LogP contribution is 2.18. The number of esters is 1. The van der Waals surface area contributed by atoms with Crippen LogP contribution in [0.2, 0.25) is 0 Å². The minimum atomic E-state index is -0.907. The largest absolute Gasteiger partial charge is 0.497 e. The van der Waals surface area contributed by atoms with Crippen molar-refractivity contribution in [3.63, 3.8) is 0 Å². The van der Waals surface area contributed by atoms with Gasteiger partial charge in [-0.2, -0.15) is 0 Å². The van der Waals surface area contributed by atoms with Crippen LogP contribution >= 0.6 is 0 Å². The number of carbonyl (C=O) groups is 1. The molecule has 2 rings (SSSR count). The Kier molecular flexibility index (Phi) is 4.37. The molecule has 4 nitrogen and oxygen atoms in total. The van der Waals surface area contributed by atoms with Crippen molar-refractivity contribution >= 4 is 11.7 Å². The van der Waals surface area contributed by atoms with Crippen molar-refractivity contribution < 1.29 is 23.0 Å². The maximum atomic E-state index is 13.7. The van der Waals surface area contributed by atoms with E-state index in [0.29, 0.717) is 5.75 Å². The first-order chi connectivity index (χ1) is 10.0. The van der Waals surface area contributed by atoms with Crippen molar-refractivity contribution in [2.45, 2.75) is 6.61 Å². The SMILES string of the molecule is COc1ccc(COC(=O)c2cc(N)ccc2F)c(F)c1. The summed E-state index contributed by atoms with van der Waals surface area (Å²) in [6.45, 7) is -0.317. The molecule has 0 aromatic heterocycles. The third-order valence-corrected chi connectivity index (χ3v) is 2.83. The maximum absolute atomic E-state index is 13.7. The second-order valence-corrected chi connectivity index (χ2v) is 4.27. The normalized spacial score (nSPS) is 10.2. The second kappa shape index (κ2) is 6.21. The molecule has 0 aliphatic carbocycles. The molecule has 0 atom stereocenters. The number of rotatable bonds is 4. The Bertz CT molecular complexity index is 674. The van der Waals surface area contributed by atoms with E-state index in [-0.39, 0.29) is 23.4 Å². The highest BCUT2D eigenvalue weighted by atomic mass is 19.1. The molecule has 6 heteroatoms. The van der Waals surface area contributed by atoms with Gasteiger partial charge in [-0.1, -0.05) is 0 Å². The summed E-state index contributed by atoms with van der Waals surface area (Å²) in [7, 11) is 1.41. The molecule has 0 heterocycles. The topological polar surface area (TPSA) is 61.5 Å². The van der Waals surface area contributed by atoms with Gasteiger partial charge in [-0.3, -0.25) is 0 Å². The van der Waals surface area contributed by atoms with E-state index in [1.54, 1.807) is 0 Å². The van der Waals surface area contributed by atoms with Crippen LogP contribution in [0.4, 0.5) is 14.5 Å². The van der Waals surface area contributed by atoms with Gasteiger partial charge in [0.05, 0.1) is 12.7 Å². The van der Waals surface area contributed by atoms with Gasteiger partial charge in [0, 0.05) is 17.3 Å². The van der Waals surface area contributed by atoms with Gasteiger partial charge < -0.3 is 15.2 Å². The zero-order valence-electron chi connectivity index (χ0n) is 11.2. The molecule has 0 saturated heterocycles. The van der Waals surface area contributed by atoms with E-state index in [4.69, 9.17) is 15.2 Å². The Morgan fingerprint density at radius 1 is 1.14 bits per heavy atom. The minimum absolute atomic E-state index is 0.161. The predicted molar refractivity (Wildman–Crippen MR) is 72.9 cm³/mol. The monoisotopic (exact) mass is 293 g/mol. The Labute approximate surface area is 120 Å². The molecular formula is C15H13F2NO3. The molecule has 0 radical (unpaired) electrons. The summed E-state index contributed by atoms with van der Waals surface area (Å²) >= 11 is 0. The fourth-order valence-corrected chi connectivity index (χ4v) is 1.69. The summed E-state index contributed by atoms with van der Waals surface area (Å²) in [6, 6.07) is 7.70. The summed E-state index contributed by atoms with van der Waals surface area (Å²) in [6.07, 6.45) is 0. The van der Waals surface area contributed by atoms with E-state index in [1.165, 1.54) is 37.4 Å².